The Labute approximate surface area is 211 Å². The van der Waals surface area contributed by atoms with Gasteiger partial charge >= 0.3 is 6.09 Å². The summed E-state index contributed by atoms with van der Waals surface area (Å²) in [5, 5.41) is 8.53. The average Bonchev–Trinajstić information content (AvgIpc) is 3.03. The van der Waals surface area contributed by atoms with Gasteiger partial charge in [-0.05, 0) is 26.2 Å². The summed E-state index contributed by atoms with van der Waals surface area (Å²) in [4.78, 5) is 24.9. The van der Waals surface area contributed by atoms with Crippen LogP contribution in [0.2, 0.25) is 0 Å². The zero-order valence-electron chi connectivity index (χ0n) is 19.5. The molecule has 0 unspecified atom stereocenters. The summed E-state index contributed by atoms with van der Waals surface area (Å²) in [5.74, 6) is -1.43. The first-order chi connectivity index (χ1) is 15.2. The number of alkyl carbamates (subject to hydrolysis) is 1. The van der Waals surface area contributed by atoms with E-state index in [9.17, 15) is 9.59 Å². The summed E-state index contributed by atoms with van der Waals surface area (Å²) in [6.45, 7) is 19.0. The number of halogens is 3. The van der Waals surface area contributed by atoms with E-state index < -0.39 is 52.5 Å². The van der Waals surface area contributed by atoms with E-state index in [0.717, 1.165) is 6.42 Å². The average molecular weight is 527 g/mol. The topological polar surface area (TPSA) is 97.9 Å². The van der Waals surface area contributed by atoms with E-state index in [-0.39, 0.29) is 5.92 Å². The van der Waals surface area contributed by atoms with Gasteiger partial charge in [0.25, 0.3) is 0 Å². The van der Waals surface area contributed by atoms with E-state index in [4.69, 9.17) is 49.0 Å². The highest BCUT2D eigenvalue weighted by molar-refractivity contribution is 6.67. The Bertz CT molecular complexity index is 725. The fourth-order valence-corrected chi connectivity index (χ4v) is 3.35. The molecule has 0 saturated carbocycles. The highest BCUT2D eigenvalue weighted by Crippen LogP contribution is 2.34. The minimum Gasteiger partial charge on any atom is -0.445 e. The van der Waals surface area contributed by atoms with Crippen molar-refractivity contribution in [3.8, 4) is 0 Å². The number of amides is 2. The molecule has 0 aromatic carbocycles. The fraction of sp³-hybridized carbons (Fsp3) is 0.636. The van der Waals surface area contributed by atoms with Gasteiger partial charge < -0.3 is 30.2 Å². The van der Waals surface area contributed by atoms with Crippen molar-refractivity contribution in [1.82, 2.24) is 16.0 Å². The number of hydrogen-bond acceptors (Lipinski definition) is 6. The molecule has 0 radical (unpaired) electrons. The zero-order valence-corrected chi connectivity index (χ0v) is 21.7. The highest BCUT2D eigenvalue weighted by Gasteiger charge is 2.47. The van der Waals surface area contributed by atoms with E-state index in [2.05, 4.69) is 35.7 Å². The van der Waals surface area contributed by atoms with Crippen molar-refractivity contribution in [3.05, 3.63) is 37.6 Å². The maximum atomic E-state index is 13.0. The van der Waals surface area contributed by atoms with E-state index in [0.29, 0.717) is 12.2 Å². The third-order valence-electron chi connectivity index (χ3n) is 4.71. The minimum atomic E-state index is -1.77. The second-order valence-corrected chi connectivity index (χ2v) is 10.9. The first-order valence-corrected chi connectivity index (χ1v) is 11.7. The minimum absolute atomic E-state index is 0.0401. The lowest BCUT2D eigenvalue weighted by Crippen LogP contribution is -2.56. The molecule has 0 aliphatic carbocycles. The van der Waals surface area contributed by atoms with Crippen LogP contribution >= 0.6 is 34.8 Å². The van der Waals surface area contributed by atoms with Gasteiger partial charge in [0.1, 0.15) is 24.9 Å². The van der Waals surface area contributed by atoms with Gasteiger partial charge in [-0.2, -0.15) is 0 Å². The molecule has 4 atom stereocenters. The molecule has 11 heteroatoms. The third kappa shape index (κ3) is 10.1. The fourth-order valence-electron chi connectivity index (χ4n) is 3.19. The summed E-state index contributed by atoms with van der Waals surface area (Å²) in [7, 11) is 0. The molecular weight excluding hydrogens is 493 g/mol. The van der Waals surface area contributed by atoms with Crippen LogP contribution in [0.4, 0.5) is 4.79 Å². The lowest BCUT2D eigenvalue weighted by Gasteiger charge is -2.32. The molecule has 1 fully saturated rings. The maximum Gasteiger partial charge on any atom is 0.408 e. The molecule has 1 rings (SSSR count). The second-order valence-electron chi connectivity index (χ2n) is 8.38. The van der Waals surface area contributed by atoms with Crippen LogP contribution in [-0.2, 0) is 19.0 Å². The predicted octanol–water partition coefficient (Wildman–Crippen LogP) is 3.98. The van der Waals surface area contributed by atoms with Gasteiger partial charge in [0, 0.05) is 12.2 Å². The number of hydrogen-bond donors (Lipinski definition) is 3. The van der Waals surface area contributed by atoms with Crippen LogP contribution in [-0.4, -0.2) is 59.0 Å². The Kier molecular flexibility index (Phi) is 11.5. The Balaban J connectivity index is 2.93. The summed E-state index contributed by atoms with van der Waals surface area (Å²) in [5.41, 5.74) is 0.640. The van der Waals surface area contributed by atoms with Crippen LogP contribution in [0.1, 0.15) is 34.1 Å². The molecule has 1 aliphatic rings. The summed E-state index contributed by atoms with van der Waals surface area (Å²) >= 11 is 16.7. The van der Waals surface area contributed by atoms with E-state index in [1.54, 1.807) is 19.9 Å². The largest absolute Gasteiger partial charge is 0.445 e. The van der Waals surface area contributed by atoms with Gasteiger partial charge in [-0.1, -0.05) is 67.4 Å². The van der Waals surface area contributed by atoms with Crippen molar-refractivity contribution in [2.24, 2.45) is 5.92 Å². The number of rotatable bonds is 12. The summed E-state index contributed by atoms with van der Waals surface area (Å²) < 4.78 is 15.3. The molecule has 0 aromatic heterocycles. The van der Waals surface area contributed by atoms with Crippen LogP contribution < -0.4 is 16.0 Å². The molecule has 33 heavy (non-hydrogen) atoms. The number of nitrogens with one attached hydrogen (secondary N) is 3. The molecule has 0 bridgehead atoms. The molecule has 0 spiro atoms. The SMILES string of the molecule is C=CCCNC(=C)[C@H]1OC(C)(C)O[C@@H]1[C@@H](NC(=O)[C@H](C=C)NC(=O)OCC(Cl)(Cl)Cl)C(C)C. The first kappa shape index (κ1) is 29.6. The van der Waals surface area contributed by atoms with Gasteiger partial charge in [-0.15, -0.1) is 13.2 Å². The quantitative estimate of drug-likeness (QED) is 0.202. The van der Waals surface area contributed by atoms with Gasteiger partial charge in [0.05, 0.1) is 6.04 Å². The number of ether oxygens (including phenoxy) is 3. The summed E-state index contributed by atoms with van der Waals surface area (Å²) in [6, 6.07) is -1.56. The van der Waals surface area contributed by atoms with Gasteiger partial charge in [0.15, 0.2) is 5.79 Å². The molecule has 1 aliphatic heterocycles. The lowest BCUT2D eigenvalue weighted by molar-refractivity contribution is -0.149. The molecule has 188 valence electrons. The van der Waals surface area contributed by atoms with Crippen LogP contribution in [0.5, 0.6) is 0 Å². The number of carbonyl (C=O) groups is 2. The van der Waals surface area contributed by atoms with Crippen molar-refractivity contribution in [2.45, 2.75) is 68.0 Å². The molecule has 1 heterocycles. The monoisotopic (exact) mass is 525 g/mol. The Morgan fingerprint density at radius 1 is 1.18 bits per heavy atom. The van der Waals surface area contributed by atoms with Gasteiger partial charge in [-0.3, -0.25) is 4.79 Å². The molecule has 1 saturated heterocycles. The standard InChI is InChI=1S/C22H34Cl3N3O5/c1-8-10-11-26-14(5)17-18(33-21(6,7)32-17)16(13(3)4)28-19(29)15(9-2)27-20(30)31-12-22(23,24)25/h8-9,13,15-18,26H,1-2,5,10-12H2,3-4,6-7H3,(H,27,30)(H,28,29)/t15-,16-,17+,18+/m0/s1. The Hall–Kier alpha value is -1.45. The smallest absolute Gasteiger partial charge is 0.408 e. The highest BCUT2D eigenvalue weighted by atomic mass is 35.6. The van der Waals surface area contributed by atoms with E-state index in [1.807, 2.05) is 13.8 Å². The zero-order chi connectivity index (χ0) is 25.4. The molecule has 3 N–H and O–H groups in total. The van der Waals surface area contributed by atoms with Crippen LogP contribution in [0.15, 0.2) is 37.6 Å². The molecule has 0 aromatic rings. The Morgan fingerprint density at radius 3 is 2.33 bits per heavy atom. The Morgan fingerprint density at radius 2 is 1.82 bits per heavy atom. The number of carbonyl (C=O) groups excluding carboxylic acids is 2. The lowest BCUT2D eigenvalue weighted by atomic mass is 9.93. The number of alkyl halides is 3. The predicted molar refractivity (Wildman–Crippen MR) is 131 cm³/mol. The molecular formula is C22H34Cl3N3O5. The first-order valence-electron chi connectivity index (χ1n) is 10.5. The second kappa shape index (κ2) is 12.9. The van der Waals surface area contributed by atoms with Crippen LogP contribution in [0.3, 0.4) is 0 Å². The van der Waals surface area contributed by atoms with Crippen molar-refractivity contribution in [1.29, 1.82) is 0 Å². The molecule has 8 nitrogen and oxygen atoms in total. The third-order valence-corrected chi connectivity index (χ3v) is 5.04. The van der Waals surface area contributed by atoms with Crippen LogP contribution in [0.25, 0.3) is 0 Å². The van der Waals surface area contributed by atoms with E-state index >= 15 is 0 Å². The van der Waals surface area contributed by atoms with Gasteiger partial charge in [0.2, 0.25) is 9.70 Å². The van der Waals surface area contributed by atoms with Crippen molar-refractivity contribution < 1.29 is 23.8 Å². The normalized spacial score (nSPS) is 21.6. The van der Waals surface area contributed by atoms with Crippen molar-refractivity contribution in [2.75, 3.05) is 13.2 Å². The maximum absolute atomic E-state index is 13.0. The summed E-state index contributed by atoms with van der Waals surface area (Å²) in [6.07, 6.45) is 1.85. The van der Waals surface area contributed by atoms with Crippen LogP contribution in [0, 0.1) is 5.92 Å². The van der Waals surface area contributed by atoms with Crippen molar-refractivity contribution in [3.63, 3.8) is 0 Å². The van der Waals surface area contributed by atoms with Crippen molar-refractivity contribution >= 4 is 46.8 Å². The molecule has 2 amide bonds. The van der Waals surface area contributed by atoms with E-state index in [1.165, 1.54) is 6.08 Å². The van der Waals surface area contributed by atoms with Gasteiger partial charge in [-0.25, -0.2) is 4.79 Å².